The molecule has 96 valence electrons. The molecule has 1 rings (SSSR count). The van der Waals surface area contributed by atoms with E-state index in [0.717, 1.165) is 26.2 Å². The van der Waals surface area contributed by atoms with E-state index in [4.69, 9.17) is 11.5 Å². The van der Waals surface area contributed by atoms with Gasteiger partial charge in [-0.05, 0) is 27.7 Å². The predicted octanol–water partition coefficient (Wildman–Crippen LogP) is 0.0754. The Labute approximate surface area is 99.9 Å². The van der Waals surface area contributed by atoms with Gasteiger partial charge < -0.3 is 11.5 Å². The summed E-state index contributed by atoms with van der Waals surface area (Å²) in [4.78, 5) is 4.99. The number of rotatable bonds is 4. The van der Waals surface area contributed by atoms with Gasteiger partial charge in [0.1, 0.15) is 0 Å². The highest BCUT2D eigenvalue weighted by atomic mass is 15.3. The highest BCUT2D eigenvalue weighted by Crippen LogP contribution is 2.17. The molecule has 4 N–H and O–H groups in total. The molecular formula is C12H28N4. The lowest BCUT2D eigenvalue weighted by atomic mass is 10.0. The first-order chi connectivity index (χ1) is 7.41. The fraction of sp³-hybridized carbons (Fsp3) is 1.00. The van der Waals surface area contributed by atoms with Crippen LogP contribution < -0.4 is 11.5 Å². The number of hydrogen-bond acceptors (Lipinski definition) is 4. The lowest BCUT2D eigenvalue weighted by Crippen LogP contribution is -2.60. The van der Waals surface area contributed by atoms with Crippen molar-refractivity contribution in [1.29, 1.82) is 0 Å². The number of nitrogens with two attached hydrogens (primary N) is 2. The van der Waals surface area contributed by atoms with Crippen LogP contribution in [0.2, 0.25) is 0 Å². The van der Waals surface area contributed by atoms with Gasteiger partial charge in [-0.15, -0.1) is 0 Å². The first kappa shape index (κ1) is 13.9. The van der Waals surface area contributed by atoms with E-state index in [9.17, 15) is 0 Å². The van der Waals surface area contributed by atoms with E-state index in [1.807, 2.05) is 0 Å². The molecule has 4 unspecified atom stereocenters. The normalized spacial score (nSPS) is 32.6. The largest absolute Gasteiger partial charge is 0.327 e. The van der Waals surface area contributed by atoms with Crippen LogP contribution in [-0.2, 0) is 0 Å². The first-order valence-corrected chi connectivity index (χ1v) is 6.41. The van der Waals surface area contributed by atoms with Crippen molar-refractivity contribution in [3.8, 4) is 0 Å². The molecule has 0 aliphatic carbocycles. The van der Waals surface area contributed by atoms with Crippen molar-refractivity contribution in [2.75, 3.05) is 26.2 Å². The van der Waals surface area contributed by atoms with Crippen molar-refractivity contribution >= 4 is 0 Å². The van der Waals surface area contributed by atoms with Gasteiger partial charge in [0.15, 0.2) is 0 Å². The minimum absolute atomic E-state index is 0.259. The van der Waals surface area contributed by atoms with Crippen LogP contribution in [0.15, 0.2) is 0 Å². The third-order valence-corrected chi connectivity index (χ3v) is 3.57. The fourth-order valence-corrected chi connectivity index (χ4v) is 2.53. The van der Waals surface area contributed by atoms with E-state index in [0.29, 0.717) is 12.1 Å². The van der Waals surface area contributed by atoms with Crippen LogP contribution in [0.1, 0.15) is 27.7 Å². The fourth-order valence-electron chi connectivity index (χ4n) is 2.53. The van der Waals surface area contributed by atoms with Gasteiger partial charge in [-0.1, -0.05) is 0 Å². The number of piperazine rings is 1. The van der Waals surface area contributed by atoms with Crippen LogP contribution in [0, 0.1) is 0 Å². The molecular weight excluding hydrogens is 200 g/mol. The van der Waals surface area contributed by atoms with Crippen LogP contribution in [0.5, 0.6) is 0 Å². The molecule has 0 aromatic carbocycles. The molecule has 1 aliphatic rings. The van der Waals surface area contributed by atoms with Gasteiger partial charge >= 0.3 is 0 Å². The molecule has 4 heteroatoms. The lowest BCUT2D eigenvalue weighted by Gasteiger charge is -2.46. The van der Waals surface area contributed by atoms with Crippen LogP contribution in [0.3, 0.4) is 0 Å². The van der Waals surface area contributed by atoms with Gasteiger partial charge in [-0.2, -0.15) is 0 Å². The van der Waals surface area contributed by atoms with Crippen molar-refractivity contribution in [2.24, 2.45) is 11.5 Å². The Morgan fingerprint density at radius 1 is 0.938 bits per heavy atom. The third kappa shape index (κ3) is 3.70. The zero-order chi connectivity index (χ0) is 12.3. The van der Waals surface area contributed by atoms with Gasteiger partial charge in [-0.25, -0.2) is 0 Å². The molecule has 0 spiro atoms. The Morgan fingerprint density at radius 2 is 1.25 bits per heavy atom. The molecule has 0 amide bonds. The van der Waals surface area contributed by atoms with E-state index in [2.05, 4.69) is 37.5 Å². The molecule has 1 heterocycles. The predicted molar refractivity (Wildman–Crippen MR) is 69.4 cm³/mol. The molecule has 4 nitrogen and oxygen atoms in total. The summed E-state index contributed by atoms with van der Waals surface area (Å²) in [5.74, 6) is 0. The summed E-state index contributed by atoms with van der Waals surface area (Å²) in [6, 6.07) is 1.65. The van der Waals surface area contributed by atoms with Crippen molar-refractivity contribution in [3.63, 3.8) is 0 Å². The SMILES string of the molecule is CC(N)CN1CCN(CC(C)N)C(C)C1C. The van der Waals surface area contributed by atoms with E-state index in [-0.39, 0.29) is 12.1 Å². The topological polar surface area (TPSA) is 58.5 Å². The Morgan fingerprint density at radius 3 is 1.50 bits per heavy atom. The highest BCUT2D eigenvalue weighted by Gasteiger charge is 2.30. The molecule has 1 saturated heterocycles. The maximum Gasteiger partial charge on any atom is 0.0221 e. The summed E-state index contributed by atoms with van der Waals surface area (Å²) in [7, 11) is 0. The molecule has 1 fully saturated rings. The summed E-state index contributed by atoms with van der Waals surface area (Å²) in [5, 5.41) is 0. The molecule has 1 aliphatic heterocycles. The first-order valence-electron chi connectivity index (χ1n) is 6.41. The van der Waals surface area contributed by atoms with Gasteiger partial charge in [-0.3, -0.25) is 9.80 Å². The van der Waals surface area contributed by atoms with Crippen molar-refractivity contribution in [3.05, 3.63) is 0 Å². The van der Waals surface area contributed by atoms with Crippen LogP contribution >= 0.6 is 0 Å². The van der Waals surface area contributed by atoms with Crippen molar-refractivity contribution in [1.82, 2.24) is 9.80 Å². The highest BCUT2D eigenvalue weighted by molar-refractivity contribution is 4.88. The molecule has 0 aromatic rings. The standard InChI is InChI=1S/C12H28N4/c1-9(13)7-15-5-6-16(8-10(2)14)12(4)11(15)3/h9-12H,5-8,13-14H2,1-4H3. The Bertz CT molecular complexity index is 183. The van der Waals surface area contributed by atoms with Gasteiger partial charge in [0.2, 0.25) is 0 Å². The summed E-state index contributed by atoms with van der Waals surface area (Å²) in [6.07, 6.45) is 0. The summed E-state index contributed by atoms with van der Waals surface area (Å²) < 4.78 is 0. The van der Waals surface area contributed by atoms with Crippen LogP contribution in [0.4, 0.5) is 0 Å². The monoisotopic (exact) mass is 228 g/mol. The van der Waals surface area contributed by atoms with Gasteiger partial charge in [0, 0.05) is 50.3 Å². The Balaban J connectivity index is 2.50. The Kier molecular flexibility index (Phi) is 5.18. The average Bonchev–Trinajstić information content (AvgIpc) is 2.16. The summed E-state index contributed by atoms with van der Waals surface area (Å²) in [6.45, 7) is 13.0. The smallest absolute Gasteiger partial charge is 0.0221 e. The maximum atomic E-state index is 5.87. The molecule has 0 bridgehead atoms. The lowest BCUT2D eigenvalue weighted by molar-refractivity contribution is 0.0309. The van der Waals surface area contributed by atoms with Crippen molar-refractivity contribution in [2.45, 2.75) is 51.9 Å². The average molecular weight is 228 g/mol. The number of hydrogen-bond donors (Lipinski definition) is 2. The minimum atomic E-state index is 0.259. The maximum absolute atomic E-state index is 5.87. The number of nitrogens with zero attached hydrogens (tertiary/aromatic N) is 2. The van der Waals surface area contributed by atoms with Gasteiger partial charge in [0.25, 0.3) is 0 Å². The van der Waals surface area contributed by atoms with E-state index < -0.39 is 0 Å². The second kappa shape index (κ2) is 5.96. The second-order valence-corrected chi connectivity index (χ2v) is 5.43. The zero-order valence-electron chi connectivity index (χ0n) is 11.2. The summed E-state index contributed by atoms with van der Waals surface area (Å²) in [5.41, 5.74) is 11.7. The molecule has 0 aromatic heterocycles. The van der Waals surface area contributed by atoms with E-state index >= 15 is 0 Å². The van der Waals surface area contributed by atoms with Crippen LogP contribution in [0.25, 0.3) is 0 Å². The minimum Gasteiger partial charge on any atom is -0.327 e. The zero-order valence-corrected chi connectivity index (χ0v) is 11.2. The van der Waals surface area contributed by atoms with E-state index in [1.54, 1.807) is 0 Å². The van der Waals surface area contributed by atoms with E-state index in [1.165, 1.54) is 0 Å². The summed E-state index contributed by atoms with van der Waals surface area (Å²) >= 11 is 0. The Hall–Kier alpha value is -0.160. The molecule has 16 heavy (non-hydrogen) atoms. The molecule has 0 saturated carbocycles. The van der Waals surface area contributed by atoms with Crippen molar-refractivity contribution < 1.29 is 0 Å². The molecule has 4 atom stereocenters. The molecule has 0 radical (unpaired) electrons. The quantitative estimate of drug-likeness (QED) is 0.715. The third-order valence-electron chi connectivity index (χ3n) is 3.57. The van der Waals surface area contributed by atoms with Gasteiger partial charge in [0.05, 0.1) is 0 Å². The second-order valence-electron chi connectivity index (χ2n) is 5.43. The van der Waals surface area contributed by atoms with Crippen LogP contribution in [-0.4, -0.2) is 60.1 Å².